The largest absolute Gasteiger partial charge is 0.493 e. The van der Waals surface area contributed by atoms with Gasteiger partial charge >= 0.3 is 5.97 Å². The van der Waals surface area contributed by atoms with Crippen molar-refractivity contribution in [1.82, 2.24) is 0 Å². The summed E-state index contributed by atoms with van der Waals surface area (Å²) in [7, 11) is 1.46. The molecule has 0 spiro atoms. The second-order valence-electron chi connectivity index (χ2n) is 5.41. The molecule has 2 rings (SSSR count). The van der Waals surface area contributed by atoms with Gasteiger partial charge in [-0.2, -0.15) is 0 Å². The second kappa shape index (κ2) is 9.05. The van der Waals surface area contributed by atoms with Crippen molar-refractivity contribution in [2.45, 2.75) is 6.92 Å². The standard InChI is InChI=1S/C19H18BrNO5/c1-12-3-6-14(7-4-12)21-17(22)11-26-19-15(20)9-13(5-8-18(23)24)10-16(19)25-2/h3-10H,11H2,1-2H3,(H,21,22)(H,23,24)/b8-5+. The number of halogens is 1. The van der Waals surface area contributed by atoms with Gasteiger partial charge in [-0.3, -0.25) is 4.79 Å². The Labute approximate surface area is 159 Å². The Morgan fingerprint density at radius 3 is 2.54 bits per heavy atom. The van der Waals surface area contributed by atoms with Gasteiger partial charge in [0.05, 0.1) is 11.6 Å². The molecule has 2 aromatic rings. The maximum absolute atomic E-state index is 12.1. The SMILES string of the molecule is COc1cc(/C=C/C(=O)O)cc(Br)c1OCC(=O)Nc1ccc(C)cc1. The van der Waals surface area contributed by atoms with E-state index in [0.717, 1.165) is 11.6 Å². The van der Waals surface area contributed by atoms with Crippen molar-refractivity contribution in [2.75, 3.05) is 19.0 Å². The molecule has 1 amide bonds. The lowest BCUT2D eigenvalue weighted by Gasteiger charge is -2.13. The zero-order valence-electron chi connectivity index (χ0n) is 14.3. The number of aryl methyl sites for hydroxylation is 1. The van der Waals surface area contributed by atoms with Crippen molar-refractivity contribution < 1.29 is 24.2 Å². The third-order valence-electron chi connectivity index (χ3n) is 3.35. The second-order valence-corrected chi connectivity index (χ2v) is 6.26. The fourth-order valence-corrected chi connectivity index (χ4v) is 2.69. The molecule has 0 heterocycles. The first-order valence-electron chi connectivity index (χ1n) is 7.67. The van der Waals surface area contributed by atoms with E-state index >= 15 is 0 Å². The molecule has 0 aliphatic heterocycles. The van der Waals surface area contributed by atoms with Gasteiger partial charge in [0, 0.05) is 11.8 Å². The molecular formula is C19H18BrNO5. The number of hydrogen-bond donors (Lipinski definition) is 2. The average Bonchev–Trinajstić information content (AvgIpc) is 2.60. The van der Waals surface area contributed by atoms with Gasteiger partial charge < -0.3 is 19.9 Å². The normalized spacial score (nSPS) is 10.6. The van der Waals surface area contributed by atoms with Crippen LogP contribution < -0.4 is 14.8 Å². The smallest absolute Gasteiger partial charge is 0.328 e. The Morgan fingerprint density at radius 1 is 1.23 bits per heavy atom. The summed E-state index contributed by atoms with van der Waals surface area (Å²) in [5, 5.41) is 11.5. The van der Waals surface area contributed by atoms with Crippen LogP contribution in [0.4, 0.5) is 5.69 Å². The van der Waals surface area contributed by atoms with E-state index in [2.05, 4.69) is 21.2 Å². The number of benzene rings is 2. The van der Waals surface area contributed by atoms with Crippen LogP contribution in [0.3, 0.4) is 0 Å². The van der Waals surface area contributed by atoms with Gasteiger partial charge in [-0.1, -0.05) is 17.7 Å². The minimum Gasteiger partial charge on any atom is -0.493 e. The van der Waals surface area contributed by atoms with Gasteiger partial charge in [-0.15, -0.1) is 0 Å². The average molecular weight is 420 g/mol. The van der Waals surface area contributed by atoms with Gasteiger partial charge in [0.15, 0.2) is 18.1 Å². The molecule has 0 unspecified atom stereocenters. The van der Waals surface area contributed by atoms with Crippen molar-refractivity contribution in [3.8, 4) is 11.5 Å². The van der Waals surface area contributed by atoms with Gasteiger partial charge in [-0.25, -0.2) is 4.79 Å². The molecule has 0 atom stereocenters. The predicted molar refractivity (Wildman–Crippen MR) is 103 cm³/mol. The van der Waals surface area contributed by atoms with E-state index in [-0.39, 0.29) is 12.5 Å². The van der Waals surface area contributed by atoms with Crippen LogP contribution >= 0.6 is 15.9 Å². The van der Waals surface area contributed by atoms with E-state index in [1.54, 1.807) is 12.1 Å². The Balaban J connectivity index is 2.07. The minimum atomic E-state index is -1.05. The number of carbonyl (C=O) groups is 2. The van der Waals surface area contributed by atoms with Crippen LogP contribution in [0.25, 0.3) is 6.08 Å². The maximum atomic E-state index is 12.1. The van der Waals surface area contributed by atoms with E-state index in [1.807, 2.05) is 31.2 Å². The summed E-state index contributed by atoms with van der Waals surface area (Å²) >= 11 is 3.35. The monoisotopic (exact) mass is 419 g/mol. The molecule has 0 aliphatic rings. The molecule has 0 bridgehead atoms. The number of ether oxygens (including phenoxy) is 2. The predicted octanol–water partition coefficient (Wildman–Crippen LogP) is 3.88. The van der Waals surface area contributed by atoms with Crippen LogP contribution in [0.2, 0.25) is 0 Å². The molecule has 2 aromatic carbocycles. The molecule has 6 nitrogen and oxygen atoms in total. The molecule has 0 saturated carbocycles. The summed E-state index contributed by atoms with van der Waals surface area (Å²) in [5.41, 5.74) is 2.40. The number of carboxylic acid groups (broad SMARTS) is 1. The number of amides is 1. The van der Waals surface area contributed by atoms with E-state index in [4.69, 9.17) is 14.6 Å². The van der Waals surface area contributed by atoms with Crippen LogP contribution in [0, 0.1) is 6.92 Å². The third kappa shape index (κ3) is 5.63. The summed E-state index contributed by atoms with van der Waals surface area (Å²) in [6.07, 6.45) is 2.46. The lowest BCUT2D eigenvalue weighted by atomic mass is 10.2. The molecule has 136 valence electrons. The number of rotatable bonds is 7. The van der Waals surface area contributed by atoms with E-state index in [0.29, 0.717) is 27.2 Å². The van der Waals surface area contributed by atoms with E-state index in [1.165, 1.54) is 13.2 Å². The molecule has 26 heavy (non-hydrogen) atoms. The van der Waals surface area contributed by atoms with E-state index in [9.17, 15) is 9.59 Å². The van der Waals surface area contributed by atoms with Crippen LogP contribution in [0.1, 0.15) is 11.1 Å². The number of carboxylic acids is 1. The first-order valence-corrected chi connectivity index (χ1v) is 8.46. The maximum Gasteiger partial charge on any atom is 0.328 e. The lowest BCUT2D eigenvalue weighted by molar-refractivity contribution is -0.131. The Hall–Kier alpha value is -2.80. The molecule has 0 saturated heterocycles. The van der Waals surface area contributed by atoms with Gasteiger partial charge in [0.1, 0.15) is 0 Å². The summed E-state index contributed by atoms with van der Waals surface area (Å²) in [4.78, 5) is 22.7. The highest BCUT2D eigenvalue weighted by molar-refractivity contribution is 9.10. The summed E-state index contributed by atoms with van der Waals surface area (Å²) in [6.45, 7) is 1.76. The van der Waals surface area contributed by atoms with Gasteiger partial charge in [-0.05, 0) is 58.8 Å². The Bertz CT molecular complexity index is 831. The summed E-state index contributed by atoms with van der Waals surface area (Å²) in [6, 6.07) is 10.7. The lowest BCUT2D eigenvalue weighted by Crippen LogP contribution is -2.20. The Morgan fingerprint density at radius 2 is 1.92 bits per heavy atom. The van der Waals surface area contributed by atoms with Crippen LogP contribution in [0.15, 0.2) is 46.9 Å². The number of anilines is 1. The van der Waals surface area contributed by atoms with Crippen LogP contribution in [-0.2, 0) is 9.59 Å². The van der Waals surface area contributed by atoms with Crippen molar-refractivity contribution in [3.63, 3.8) is 0 Å². The molecule has 2 N–H and O–H groups in total. The third-order valence-corrected chi connectivity index (χ3v) is 3.94. The highest BCUT2D eigenvalue weighted by atomic mass is 79.9. The Kier molecular flexibility index (Phi) is 6.80. The zero-order valence-corrected chi connectivity index (χ0v) is 15.9. The topological polar surface area (TPSA) is 84.9 Å². The summed E-state index contributed by atoms with van der Waals surface area (Å²) < 4.78 is 11.4. The highest BCUT2D eigenvalue weighted by Crippen LogP contribution is 2.37. The molecule has 0 radical (unpaired) electrons. The van der Waals surface area contributed by atoms with Crippen LogP contribution in [-0.4, -0.2) is 30.7 Å². The van der Waals surface area contributed by atoms with Gasteiger partial charge in [0.2, 0.25) is 0 Å². The van der Waals surface area contributed by atoms with Crippen LogP contribution in [0.5, 0.6) is 11.5 Å². The van der Waals surface area contributed by atoms with Gasteiger partial charge in [0.25, 0.3) is 5.91 Å². The number of carbonyl (C=O) groups excluding carboxylic acids is 1. The van der Waals surface area contributed by atoms with Crippen molar-refractivity contribution >= 4 is 39.6 Å². The van der Waals surface area contributed by atoms with Crippen molar-refractivity contribution in [3.05, 3.63) is 58.1 Å². The fourth-order valence-electron chi connectivity index (χ4n) is 2.12. The number of hydrogen-bond acceptors (Lipinski definition) is 4. The molecule has 7 heteroatoms. The van der Waals surface area contributed by atoms with Crippen molar-refractivity contribution in [2.24, 2.45) is 0 Å². The van der Waals surface area contributed by atoms with E-state index < -0.39 is 5.97 Å². The quantitative estimate of drug-likeness (QED) is 0.665. The first kappa shape index (κ1) is 19.5. The number of methoxy groups -OCH3 is 1. The molecule has 0 fully saturated rings. The zero-order chi connectivity index (χ0) is 19.1. The molecular weight excluding hydrogens is 402 g/mol. The summed E-state index contributed by atoms with van der Waals surface area (Å²) in [5.74, 6) is -0.613. The minimum absolute atomic E-state index is 0.201. The fraction of sp³-hybridized carbons (Fsp3) is 0.158. The molecule has 0 aliphatic carbocycles. The number of aliphatic carboxylic acids is 1. The molecule has 0 aromatic heterocycles. The highest BCUT2D eigenvalue weighted by Gasteiger charge is 2.13. The van der Waals surface area contributed by atoms with Crippen molar-refractivity contribution in [1.29, 1.82) is 0 Å². The number of nitrogens with one attached hydrogen (secondary N) is 1. The first-order chi connectivity index (χ1) is 12.4.